The van der Waals surface area contributed by atoms with Crippen molar-refractivity contribution in [3.63, 3.8) is 0 Å². The predicted octanol–water partition coefficient (Wildman–Crippen LogP) is 2.71. The highest BCUT2D eigenvalue weighted by Crippen LogP contribution is 2.22. The van der Waals surface area contributed by atoms with Crippen LogP contribution in [0, 0.1) is 11.8 Å². The number of nitrogens with zero attached hydrogens (tertiary/aromatic N) is 1. The fraction of sp³-hybridized carbons (Fsp3) is 0.867. The number of carbonyl (C=O) groups is 2. The first-order valence-corrected chi connectivity index (χ1v) is 7.74. The van der Waals surface area contributed by atoms with E-state index in [1.807, 2.05) is 25.7 Å². The smallest absolute Gasteiger partial charge is 0.317 e. The largest absolute Gasteiger partial charge is 0.481 e. The van der Waals surface area contributed by atoms with Crippen LogP contribution in [0.3, 0.4) is 0 Å². The first kappa shape index (κ1) is 16.8. The van der Waals surface area contributed by atoms with Crippen molar-refractivity contribution < 1.29 is 14.7 Å². The number of aliphatic carboxylic acids is 1. The fourth-order valence-corrected chi connectivity index (χ4v) is 2.87. The van der Waals surface area contributed by atoms with E-state index in [0.29, 0.717) is 12.6 Å². The highest BCUT2D eigenvalue weighted by Gasteiger charge is 2.26. The lowest BCUT2D eigenvalue weighted by Crippen LogP contribution is -2.48. The Morgan fingerprint density at radius 3 is 2.30 bits per heavy atom. The van der Waals surface area contributed by atoms with Crippen LogP contribution < -0.4 is 5.32 Å². The number of carboxylic acids is 1. The third-order valence-corrected chi connectivity index (χ3v) is 4.21. The van der Waals surface area contributed by atoms with Crippen LogP contribution in [0.5, 0.6) is 0 Å². The number of hydrogen-bond acceptors (Lipinski definition) is 2. The Labute approximate surface area is 121 Å². The summed E-state index contributed by atoms with van der Waals surface area (Å²) in [5.74, 6) is -1.36. The molecule has 0 bridgehead atoms. The van der Waals surface area contributed by atoms with E-state index < -0.39 is 11.9 Å². The van der Waals surface area contributed by atoms with Crippen LogP contribution in [0.15, 0.2) is 0 Å². The molecule has 5 heteroatoms. The average molecular weight is 284 g/mol. The van der Waals surface area contributed by atoms with Crippen molar-refractivity contribution in [2.45, 2.75) is 58.9 Å². The van der Waals surface area contributed by atoms with Gasteiger partial charge in [-0.2, -0.15) is 0 Å². The van der Waals surface area contributed by atoms with Gasteiger partial charge in [0.25, 0.3) is 0 Å². The molecular formula is C15H28N2O3. The van der Waals surface area contributed by atoms with Gasteiger partial charge in [-0.05, 0) is 25.7 Å². The number of carbonyl (C=O) groups excluding carboxylic acids is 1. The molecule has 5 nitrogen and oxygen atoms in total. The van der Waals surface area contributed by atoms with E-state index in [9.17, 15) is 9.59 Å². The number of urea groups is 1. The normalized spacial score (nSPS) is 17.8. The SMILES string of the molecule is CCN(C(=O)NCC(C(=O)O)C(C)C)C1CCCCC1. The average Bonchev–Trinajstić information content (AvgIpc) is 2.40. The molecule has 0 saturated heterocycles. The van der Waals surface area contributed by atoms with Crippen molar-refractivity contribution in [1.29, 1.82) is 0 Å². The highest BCUT2D eigenvalue weighted by atomic mass is 16.4. The minimum absolute atomic E-state index is 0.0116. The van der Waals surface area contributed by atoms with Gasteiger partial charge in [0.15, 0.2) is 0 Å². The van der Waals surface area contributed by atoms with Crippen LogP contribution in [0.4, 0.5) is 4.79 Å². The summed E-state index contributed by atoms with van der Waals surface area (Å²) < 4.78 is 0. The van der Waals surface area contributed by atoms with E-state index in [4.69, 9.17) is 5.11 Å². The van der Waals surface area contributed by atoms with Gasteiger partial charge in [0, 0.05) is 19.1 Å². The summed E-state index contributed by atoms with van der Waals surface area (Å²) in [6.07, 6.45) is 5.74. The minimum atomic E-state index is -0.846. The lowest BCUT2D eigenvalue weighted by molar-refractivity contribution is -0.142. The van der Waals surface area contributed by atoms with Crippen molar-refractivity contribution in [1.82, 2.24) is 10.2 Å². The third kappa shape index (κ3) is 4.69. The molecule has 20 heavy (non-hydrogen) atoms. The number of rotatable bonds is 6. The standard InChI is InChI=1S/C15H28N2O3/c1-4-17(12-8-6-5-7-9-12)15(20)16-10-13(11(2)3)14(18)19/h11-13H,4-10H2,1-3H3,(H,16,20)(H,18,19). The van der Waals surface area contributed by atoms with E-state index in [0.717, 1.165) is 12.8 Å². The summed E-state index contributed by atoms with van der Waals surface area (Å²) in [5.41, 5.74) is 0. The Morgan fingerprint density at radius 2 is 1.85 bits per heavy atom. The lowest BCUT2D eigenvalue weighted by Gasteiger charge is -2.34. The zero-order valence-corrected chi connectivity index (χ0v) is 12.9. The van der Waals surface area contributed by atoms with Crippen LogP contribution in [-0.2, 0) is 4.79 Å². The Balaban J connectivity index is 2.52. The molecule has 0 aromatic heterocycles. The topological polar surface area (TPSA) is 69.6 Å². The van der Waals surface area contributed by atoms with E-state index in [1.54, 1.807) is 0 Å². The van der Waals surface area contributed by atoms with E-state index in [1.165, 1.54) is 19.3 Å². The monoisotopic (exact) mass is 284 g/mol. The number of hydrogen-bond donors (Lipinski definition) is 2. The summed E-state index contributed by atoms with van der Waals surface area (Å²) in [6.45, 7) is 6.59. The molecule has 0 aliphatic heterocycles. The van der Waals surface area contributed by atoms with Crippen LogP contribution in [0.2, 0.25) is 0 Å². The summed E-state index contributed by atoms with van der Waals surface area (Å²) in [6, 6.07) is 0.197. The van der Waals surface area contributed by atoms with Crippen molar-refractivity contribution >= 4 is 12.0 Å². The Bertz CT molecular complexity index is 325. The predicted molar refractivity (Wildman–Crippen MR) is 78.6 cm³/mol. The zero-order chi connectivity index (χ0) is 15.1. The van der Waals surface area contributed by atoms with Gasteiger partial charge in [-0.1, -0.05) is 33.1 Å². The molecule has 1 unspecified atom stereocenters. The highest BCUT2D eigenvalue weighted by molar-refractivity contribution is 5.76. The molecule has 0 aromatic carbocycles. The molecule has 0 radical (unpaired) electrons. The molecule has 116 valence electrons. The minimum Gasteiger partial charge on any atom is -0.481 e. The number of nitrogens with one attached hydrogen (secondary N) is 1. The van der Waals surface area contributed by atoms with E-state index in [-0.39, 0.29) is 18.5 Å². The van der Waals surface area contributed by atoms with Crippen molar-refractivity contribution in [3.05, 3.63) is 0 Å². The van der Waals surface area contributed by atoms with Crippen molar-refractivity contribution in [2.75, 3.05) is 13.1 Å². The molecule has 1 fully saturated rings. The van der Waals surface area contributed by atoms with Crippen molar-refractivity contribution in [3.8, 4) is 0 Å². The van der Waals surface area contributed by atoms with Crippen LogP contribution in [0.1, 0.15) is 52.9 Å². The molecule has 2 amide bonds. The van der Waals surface area contributed by atoms with Gasteiger partial charge in [0.05, 0.1) is 5.92 Å². The van der Waals surface area contributed by atoms with Crippen LogP contribution in [-0.4, -0.2) is 41.1 Å². The molecule has 0 heterocycles. The number of amides is 2. The second-order valence-electron chi connectivity index (χ2n) is 5.95. The molecule has 0 aromatic rings. The molecular weight excluding hydrogens is 256 g/mol. The Kier molecular flexibility index (Phi) is 6.82. The summed E-state index contributed by atoms with van der Waals surface area (Å²) in [7, 11) is 0. The third-order valence-electron chi connectivity index (χ3n) is 4.21. The van der Waals surface area contributed by atoms with Gasteiger partial charge < -0.3 is 15.3 Å². The zero-order valence-electron chi connectivity index (χ0n) is 12.9. The number of carboxylic acid groups (broad SMARTS) is 1. The first-order chi connectivity index (χ1) is 9.47. The van der Waals surface area contributed by atoms with Crippen LogP contribution in [0.25, 0.3) is 0 Å². The molecule has 1 atom stereocenters. The second kappa shape index (κ2) is 8.12. The molecule has 1 saturated carbocycles. The quantitative estimate of drug-likeness (QED) is 0.788. The lowest BCUT2D eigenvalue weighted by atomic mass is 9.94. The van der Waals surface area contributed by atoms with Gasteiger partial charge in [0.2, 0.25) is 0 Å². The molecule has 1 rings (SSSR count). The van der Waals surface area contributed by atoms with Gasteiger partial charge in [-0.25, -0.2) is 4.79 Å². The van der Waals surface area contributed by atoms with Crippen molar-refractivity contribution in [2.24, 2.45) is 11.8 Å². The van der Waals surface area contributed by atoms with Crippen LogP contribution >= 0.6 is 0 Å². The maximum Gasteiger partial charge on any atom is 0.317 e. The van der Waals surface area contributed by atoms with Gasteiger partial charge in [-0.3, -0.25) is 4.79 Å². The maximum atomic E-state index is 12.2. The summed E-state index contributed by atoms with van der Waals surface area (Å²) >= 11 is 0. The van der Waals surface area contributed by atoms with E-state index >= 15 is 0 Å². The first-order valence-electron chi connectivity index (χ1n) is 7.74. The maximum absolute atomic E-state index is 12.2. The molecule has 2 N–H and O–H groups in total. The van der Waals surface area contributed by atoms with Gasteiger partial charge >= 0.3 is 12.0 Å². The molecule has 1 aliphatic carbocycles. The molecule has 1 aliphatic rings. The fourth-order valence-electron chi connectivity index (χ4n) is 2.87. The van der Waals surface area contributed by atoms with Gasteiger partial charge in [-0.15, -0.1) is 0 Å². The molecule has 0 spiro atoms. The summed E-state index contributed by atoms with van der Waals surface area (Å²) in [4.78, 5) is 25.2. The Morgan fingerprint density at radius 1 is 1.25 bits per heavy atom. The summed E-state index contributed by atoms with van der Waals surface area (Å²) in [5, 5.41) is 11.9. The second-order valence-corrected chi connectivity index (χ2v) is 5.95. The Hall–Kier alpha value is -1.26. The van der Waals surface area contributed by atoms with E-state index in [2.05, 4.69) is 5.32 Å². The van der Waals surface area contributed by atoms with Gasteiger partial charge in [0.1, 0.15) is 0 Å².